The number of hydrogen-bond acceptors (Lipinski definition) is 3. The molecule has 0 aromatic heterocycles. The molecule has 1 aliphatic rings. The molecule has 1 aliphatic carbocycles. The summed E-state index contributed by atoms with van der Waals surface area (Å²) in [5.41, 5.74) is 1.20. The number of carbonyl (C=O) groups is 1. The molecule has 19 heavy (non-hydrogen) atoms. The van der Waals surface area contributed by atoms with E-state index in [1.54, 1.807) is 0 Å². The maximum absolute atomic E-state index is 11.5. The van der Waals surface area contributed by atoms with Gasteiger partial charge in [0, 0.05) is 12.6 Å². The largest absolute Gasteiger partial charge is 0.493 e. The van der Waals surface area contributed by atoms with E-state index >= 15 is 0 Å². The van der Waals surface area contributed by atoms with E-state index in [0.29, 0.717) is 19.1 Å². The first kappa shape index (κ1) is 13.9. The second-order valence-electron chi connectivity index (χ2n) is 4.87. The Hall–Kier alpha value is -1.55. The second kappa shape index (κ2) is 7.14. The molecule has 0 aliphatic heterocycles. The minimum atomic E-state index is 0.0892. The fourth-order valence-corrected chi connectivity index (χ4v) is 1.80. The predicted octanol–water partition coefficient (Wildman–Crippen LogP) is 1.84. The summed E-state index contributed by atoms with van der Waals surface area (Å²) in [7, 11) is 0. The van der Waals surface area contributed by atoms with E-state index in [1.165, 1.54) is 5.56 Å². The molecule has 0 bridgehead atoms. The summed E-state index contributed by atoms with van der Waals surface area (Å²) in [5.74, 6) is 0.918. The van der Waals surface area contributed by atoms with Gasteiger partial charge in [-0.2, -0.15) is 0 Å². The predicted molar refractivity (Wildman–Crippen MR) is 75.1 cm³/mol. The van der Waals surface area contributed by atoms with E-state index in [0.717, 1.165) is 31.7 Å². The third-order valence-corrected chi connectivity index (χ3v) is 3.02. The summed E-state index contributed by atoms with van der Waals surface area (Å²) in [4.78, 5) is 11.5. The van der Waals surface area contributed by atoms with Crippen molar-refractivity contribution in [1.29, 1.82) is 0 Å². The van der Waals surface area contributed by atoms with Crippen LogP contribution in [-0.4, -0.2) is 25.1 Å². The number of benzene rings is 1. The zero-order valence-corrected chi connectivity index (χ0v) is 11.4. The van der Waals surface area contributed by atoms with Crippen LogP contribution < -0.4 is 15.4 Å². The van der Waals surface area contributed by atoms with Gasteiger partial charge in [-0.3, -0.25) is 4.79 Å². The lowest BCUT2D eigenvalue weighted by molar-refractivity contribution is -0.121. The summed E-state index contributed by atoms with van der Waals surface area (Å²) < 4.78 is 5.61. The summed E-state index contributed by atoms with van der Waals surface area (Å²) in [6, 6.07) is 8.41. The third-order valence-electron chi connectivity index (χ3n) is 3.02. The van der Waals surface area contributed by atoms with Crippen molar-refractivity contribution in [1.82, 2.24) is 10.6 Å². The molecular weight excluding hydrogens is 240 g/mol. The molecule has 2 N–H and O–H groups in total. The molecule has 4 heteroatoms. The van der Waals surface area contributed by atoms with Crippen LogP contribution in [0.4, 0.5) is 0 Å². The average molecular weight is 262 g/mol. The van der Waals surface area contributed by atoms with E-state index in [4.69, 9.17) is 4.74 Å². The Bertz CT molecular complexity index is 416. The van der Waals surface area contributed by atoms with E-state index in [2.05, 4.69) is 23.6 Å². The quantitative estimate of drug-likeness (QED) is 0.751. The summed E-state index contributed by atoms with van der Waals surface area (Å²) in [5, 5.41) is 6.23. The molecule has 0 atom stereocenters. The Labute approximate surface area is 114 Å². The van der Waals surface area contributed by atoms with Crippen LogP contribution in [0.25, 0.3) is 0 Å². The van der Waals surface area contributed by atoms with E-state index in [-0.39, 0.29) is 5.91 Å². The molecule has 0 spiro atoms. The Morgan fingerprint density at radius 1 is 1.42 bits per heavy atom. The van der Waals surface area contributed by atoms with Crippen LogP contribution in [0.15, 0.2) is 24.3 Å². The molecule has 1 amide bonds. The molecule has 0 radical (unpaired) electrons. The van der Waals surface area contributed by atoms with Gasteiger partial charge in [-0.1, -0.05) is 19.1 Å². The Morgan fingerprint density at radius 3 is 3.00 bits per heavy atom. The maximum Gasteiger partial charge on any atom is 0.223 e. The molecule has 2 rings (SSSR count). The fourth-order valence-electron chi connectivity index (χ4n) is 1.80. The van der Waals surface area contributed by atoms with Crippen LogP contribution >= 0.6 is 0 Å². The lowest BCUT2D eigenvalue weighted by atomic mass is 10.2. The van der Waals surface area contributed by atoms with Crippen molar-refractivity contribution < 1.29 is 9.53 Å². The first-order valence-corrected chi connectivity index (χ1v) is 6.99. The van der Waals surface area contributed by atoms with Gasteiger partial charge in [-0.05, 0) is 37.1 Å². The van der Waals surface area contributed by atoms with Crippen molar-refractivity contribution in [2.45, 2.75) is 38.8 Å². The van der Waals surface area contributed by atoms with E-state index < -0.39 is 0 Å². The summed E-state index contributed by atoms with van der Waals surface area (Å²) in [6.45, 7) is 4.31. The molecule has 0 unspecified atom stereocenters. The Kier molecular flexibility index (Phi) is 5.21. The monoisotopic (exact) mass is 262 g/mol. The van der Waals surface area contributed by atoms with E-state index in [1.807, 2.05) is 18.2 Å². The molecule has 1 saturated carbocycles. The topological polar surface area (TPSA) is 50.4 Å². The van der Waals surface area contributed by atoms with Gasteiger partial charge >= 0.3 is 0 Å². The van der Waals surface area contributed by atoms with Gasteiger partial charge < -0.3 is 15.4 Å². The molecule has 1 aromatic carbocycles. The molecular formula is C15H22N2O2. The number of hydrogen-bond donors (Lipinski definition) is 2. The first-order chi connectivity index (χ1) is 9.28. The van der Waals surface area contributed by atoms with Crippen molar-refractivity contribution in [3.63, 3.8) is 0 Å². The second-order valence-corrected chi connectivity index (χ2v) is 4.87. The molecule has 0 heterocycles. The van der Waals surface area contributed by atoms with Crippen LogP contribution in [-0.2, 0) is 11.3 Å². The normalized spacial score (nSPS) is 14.2. The molecule has 104 valence electrons. The first-order valence-electron chi connectivity index (χ1n) is 6.99. The van der Waals surface area contributed by atoms with Crippen LogP contribution in [0.5, 0.6) is 5.75 Å². The van der Waals surface area contributed by atoms with Crippen LogP contribution in [0.1, 0.15) is 31.7 Å². The molecule has 4 nitrogen and oxygen atoms in total. The standard InChI is InChI=1S/C15H22N2O2/c1-2-16-11-12-4-3-5-14(10-12)19-9-8-15(18)17-13-6-7-13/h3-5,10,13,16H,2,6-9,11H2,1H3,(H,17,18). The van der Waals surface area contributed by atoms with Crippen LogP contribution in [0.3, 0.4) is 0 Å². The average Bonchev–Trinajstić information content (AvgIpc) is 3.21. The van der Waals surface area contributed by atoms with E-state index in [9.17, 15) is 4.79 Å². The third kappa shape index (κ3) is 5.30. The number of amides is 1. The van der Waals surface area contributed by atoms with Gasteiger partial charge in [0.1, 0.15) is 5.75 Å². The SMILES string of the molecule is CCNCc1cccc(OCCC(=O)NC2CC2)c1. The summed E-state index contributed by atoms with van der Waals surface area (Å²) in [6.07, 6.45) is 2.67. The lowest BCUT2D eigenvalue weighted by Crippen LogP contribution is -2.26. The number of nitrogens with one attached hydrogen (secondary N) is 2. The molecule has 1 aromatic rings. The van der Waals surface area contributed by atoms with Gasteiger partial charge in [0.05, 0.1) is 13.0 Å². The highest BCUT2D eigenvalue weighted by Gasteiger charge is 2.22. The minimum Gasteiger partial charge on any atom is -0.493 e. The smallest absolute Gasteiger partial charge is 0.223 e. The summed E-state index contributed by atoms with van der Waals surface area (Å²) >= 11 is 0. The van der Waals surface area contributed by atoms with Crippen molar-refractivity contribution in [3.05, 3.63) is 29.8 Å². The number of rotatable bonds is 8. The Morgan fingerprint density at radius 2 is 2.26 bits per heavy atom. The highest BCUT2D eigenvalue weighted by molar-refractivity contribution is 5.76. The van der Waals surface area contributed by atoms with Crippen molar-refractivity contribution >= 4 is 5.91 Å². The highest BCUT2D eigenvalue weighted by atomic mass is 16.5. The van der Waals surface area contributed by atoms with Gasteiger partial charge in [-0.25, -0.2) is 0 Å². The zero-order valence-electron chi connectivity index (χ0n) is 11.4. The van der Waals surface area contributed by atoms with Crippen molar-refractivity contribution in [2.75, 3.05) is 13.2 Å². The van der Waals surface area contributed by atoms with Gasteiger partial charge in [0.25, 0.3) is 0 Å². The highest BCUT2D eigenvalue weighted by Crippen LogP contribution is 2.18. The number of carbonyl (C=O) groups excluding carboxylic acids is 1. The maximum atomic E-state index is 11.5. The Balaban J connectivity index is 1.70. The molecule has 1 fully saturated rings. The van der Waals surface area contributed by atoms with Crippen molar-refractivity contribution in [3.8, 4) is 5.75 Å². The lowest BCUT2D eigenvalue weighted by Gasteiger charge is -2.08. The van der Waals surface area contributed by atoms with Gasteiger partial charge in [0.2, 0.25) is 5.91 Å². The zero-order chi connectivity index (χ0) is 13.5. The fraction of sp³-hybridized carbons (Fsp3) is 0.533. The van der Waals surface area contributed by atoms with Crippen LogP contribution in [0.2, 0.25) is 0 Å². The molecule has 0 saturated heterocycles. The van der Waals surface area contributed by atoms with Gasteiger partial charge in [0.15, 0.2) is 0 Å². The van der Waals surface area contributed by atoms with Crippen molar-refractivity contribution in [2.24, 2.45) is 0 Å². The minimum absolute atomic E-state index is 0.0892. The number of ether oxygens (including phenoxy) is 1. The van der Waals surface area contributed by atoms with Gasteiger partial charge in [-0.15, -0.1) is 0 Å². The van der Waals surface area contributed by atoms with Crippen LogP contribution in [0, 0.1) is 0 Å².